The van der Waals surface area contributed by atoms with Crippen LogP contribution in [0.3, 0.4) is 0 Å². The van der Waals surface area contributed by atoms with E-state index in [0.29, 0.717) is 55.5 Å². The van der Waals surface area contributed by atoms with E-state index in [1.54, 1.807) is 12.1 Å². The Labute approximate surface area is 165 Å². The molecule has 1 unspecified atom stereocenters. The number of carbonyl (C=O) groups is 2. The Morgan fingerprint density at radius 1 is 1.04 bits per heavy atom. The van der Waals surface area contributed by atoms with Crippen LogP contribution in [-0.4, -0.2) is 63.8 Å². The van der Waals surface area contributed by atoms with Gasteiger partial charge in [-0.3, -0.25) is 9.59 Å². The predicted octanol–water partition coefficient (Wildman–Crippen LogP) is 2.07. The monoisotopic (exact) mass is 392 g/mol. The third-order valence-corrected chi connectivity index (χ3v) is 5.31. The Hall–Kier alpha value is -2.48. The third kappa shape index (κ3) is 4.32. The van der Waals surface area contributed by atoms with Gasteiger partial charge in [0.1, 0.15) is 6.10 Å². The summed E-state index contributed by atoms with van der Waals surface area (Å²) in [4.78, 5) is 27.0. The average molecular weight is 392 g/mol. The summed E-state index contributed by atoms with van der Waals surface area (Å²) in [6, 6.07) is 3.41. The Balaban J connectivity index is 1.59. The summed E-state index contributed by atoms with van der Waals surface area (Å²) in [5.74, 6) is 1.28. The van der Waals surface area contributed by atoms with Crippen LogP contribution in [-0.2, 0) is 14.3 Å². The molecular weight excluding hydrogens is 364 g/mol. The van der Waals surface area contributed by atoms with Gasteiger partial charge in [0.25, 0.3) is 5.91 Å². The topological polar surface area (TPSA) is 86.3 Å². The van der Waals surface area contributed by atoms with Crippen molar-refractivity contribution < 1.29 is 28.5 Å². The summed E-state index contributed by atoms with van der Waals surface area (Å²) >= 11 is 0. The zero-order chi connectivity index (χ0) is 20.1. The van der Waals surface area contributed by atoms with Crippen molar-refractivity contribution >= 4 is 17.5 Å². The normalized spacial score (nSPS) is 20.0. The first kappa shape index (κ1) is 20.3. The van der Waals surface area contributed by atoms with Crippen LogP contribution in [0.1, 0.15) is 25.7 Å². The first-order valence-corrected chi connectivity index (χ1v) is 9.58. The van der Waals surface area contributed by atoms with Crippen molar-refractivity contribution in [2.75, 3.05) is 46.3 Å². The standard InChI is InChI=1S/C20H28N2O6/c1-25-16-11-14(12-17(26-2)18(16)27-3)21-19(23)13-6-8-22(9-7-13)20(24)15-5-4-10-28-15/h11-13,15H,4-10H2,1-3H3,(H,21,23). The van der Waals surface area contributed by atoms with Gasteiger partial charge in [-0.15, -0.1) is 0 Å². The lowest BCUT2D eigenvalue weighted by Crippen LogP contribution is -2.45. The quantitative estimate of drug-likeness (QED) is 0.798. The van der Waals surface area contributed by atoms with Gasteiger partial charge < -0.3 is 29.2 Å². The van der Waals surface area contributed by atoms with E-state index in [0.717, 1.165) is 12.8 Å². The van der Waals surface area contributed by atoms with Crippen LogP contribution in [0.4, 0.5) is 5.69 Å². The molecule has 2 aliphatic rings. The molecule has 0 saturated carbocycles. The minimum Gasteiger partial charge on any atom is -0.493 e. The Morgan fingerprint density at radius 3 is 2.18 bits per heavy atom. The second-order valence-corrected chi connectivity index (χ2v) is 7.00. The second kappa shape index (κ2) is 9.14. The molecule has 2 saturated heterocycles. The molecule has 0 aliphatic carbocycles. The lowest BCUT2D eigenvalue weighted by atomic mass is 9.95. The lowest BCUT2D eigenvalue weighted by molar-refractivity contribution is -0.143. The number of nitrogens with one attached hydrogen (secondary N) is 1. The van der Waals surface area contributed by atoms with Gasteiger partial charge >= 0.3 is 0 Å². The molecule has 1 N–H and O–H groups in total. The zero-order valence-corrected chi connectivity index (χ0v) is 16.7. The minimum atomic E-state index is -0.301. The SMILES string of the molecule is COc1cc(NC(=O)C2CCN(C(=O)C3CCCO3)CC2)cc(OC)c1OC. The van der Waals surface area contributed by atoms with Gasteiger partial charge in [-0.1, -0.05) is 0 Å². The predicted molar refractivity (Wildman–Crippen MR) is 103 cm³/mol. The Bertz CT molecular complexity index is 684. The van der Waals surface area contributed by atoms with Gasteiger partial charge in [-0.25, -0.2) is 0 Å². The summed E-state index contributed by atoms with van der Waals surface area (Å²) in [6.45, 7) is 1.81. The molecule has 1 aromatic rings. The number of amides is 2. The maximum Gasteiger partial charge on any atom is 0.251 e. The van der Waals surface area contributed by atoms with Gasteiger partial charge in [0.15, 0.2) is 11.5 Å². The maximum atomic E-state index is 12.7. The number of likely N-dealkylation sites (tertiary alicyclic amines) is 1. The van der Waals surface area contributed by atoms with Crippen molar-refractivity contribution in [2.45, 2.75) is 31.8 Å². The first-order valence-electron chi connectivity index (χ1n) is 9.58. The number of methoxy groups -OCH3 is 3. The van der Waals surface area contributed by atoms with Gasteiger partial charge in [0.2, 0.25) is 11.7 Å². The summed E-state index contributed by atoms with van der Waals surface area (Å²) in [5, 5.41) is 2.93. The number of hydrogen-bond acceptors (Lipinski definition) is 6. The summed E-state index contributed by atoms with van der Waals surface area (Å²) < 4.78 is 21.4. The highest BCUT2D eigenvalue weighted by molar-refractivity contribution is 5.93. The lowest BCUT2D eigenvalue weighted by Gasteiger charge is -2.32. The summed E-state index contributed by atoms with van der Waals surface area (Å²) in [5.41, 5.74) is 0.581. The third-order valence-electron chi connectivity index (χ3n) is 5.31. The van der Waals surface area contributed by atoms with E-state index in [2.05, 4.69) is 5.32 Å². The number of anilines is 1. The van der Waals surface area contributed by atoms with Gasteiger partial charge in [0.05, 0.1) is 21.3 Å². The van der Waals surface area contributed by atoms with Crippen LogP contribution < -0.4 is 19.5 Å². The molecule has 0 radical (unpaired) electrons. The fourth-order valence-corrected chi connectivity index (χ4v) is 3.74. The van der Waals surface area contributed by atoms with E-state index >= 15 is 0 Å². The van der Waals surface area contributed by atoms with Crippen LogP contribution in [0.5, 0.6) is 17.2 Å². The van der Waals surface area contributed by atoms with Crippen LogP contribution in [0.25, 0.3) is 0 Å². The highest BCUT2D eigenvalue weighted by Crippen LogP contribution is 2.40. The van der Waals surface area contributed by atoms with Crippen LogP contribution in [0.2, 0.25) is 0 Å². The minimum absolute atomic E-state index is 0.0565. The number of piperidine rings is 1. The molecular formula is C20H28N2O6. The molecule has 1 atom stereocenters. The highest BCUT2D eigenvalue weighted by atomic mass is 16.5. The van der Waals surface area contributed by atoms with Crippen molar-refractivity contribution in [1.29, 1.82) is 0 Å². The molecule has 0 spiro atoms. The number of rotatable bonds is 6. The number of benzene rings is 1. The van der Waals surface area contributed by atoms with Gasteiger partial charge in [-0.2, -0.15) is 0 Å². The van der Waals surface area contributed by atoms with E-state index in [9.17, 15) is 9.59 Å². The second-order valence-electron chi connectivity index (χ2n) is 7.00. The largest absolute Gasteiger partial charge is 0.493 e. The van der Waals surface area contributed by atoms with Crippen molar-refractivity contribution in [1.82, 2.24) is 4.90 Å². The molecule has 3 rings (SSSR count). The van der Waals surface area contributed by atoms with E-state index < -0.39 is 0 Å². The highest BCUT2D eigenvalue weighted by Gasteiger charge is 2.32. The van der Waals surface area contributed by atoms with Crippen molar-refractivity contribution in [3.63, 3.8) is 0 Å². The van der Waals surface area contributed by atoms with Gasteiger partial charge in [-0.05, 0) is 25.7 Å². The molecule has 154 valence electrons. The molecule has 2 aliphatic heterocycles. The van der Waals surface area contributed by atoms with Gasteiger partial charge in [0, 0.05) is 43.4 Å². The zero-order valence-electron chi connectivity index (χ0n) is 16.7. The molecule has 1 aromatic carbocycles. The fraction of sp³-hybridized carbons (Fsp3) is 0.600. The van der Waals surface area contributed by atoms with E-state index in [1.807, 2.05) is 4.90 Å². The Kier molecular flexibility index (Phi) is 6.61. The maximum absolute atomic E-state index is 12.7. The van der Waals surface area contributed by atoms with E-state index in [4.69, 9.17) is 18.9 Å². The molecule has 0 aromatic heterocycles. The van der Waals surface area contributed by atoms with Crippen molar-refractivity contribution in [3.8, 4) is 17.2 Å². The van der Waals surface area contributed by atoms with E-state index in [-0.39, 0.29) is 23.8 Å². The fourth-order valence-electron chi connectivity index (χ4n) is 3.74. The van der Waals surface area contributed by atoms with E-state index in [1.165, 1.54) is 21.3 Å². The van der Waals surface area contributed by atoms with Crippen molar-refractivity contribution in [3.05, 3.63) is 12.1 Å². The molecule has 0 bridgehead atoms. The number of carbonyl (C=O) groups excluding carboxylic acids is 2. The molecule has 2 heterocycles. The first-order chi connectivity index (χ1) is 13.6. The number of nitrogens with zero attached hydrogens (tertiary/aromatic N) is 1. The number of ether oxygens (including phenoxy) is 4. The van der Waals surface area contributed by atoms with Crippen LogP contribution in [0.15, 0.2) is 12.1 Å². The summed E-state index contributed by atoms with van der Waals surface area (Å²) in [7, 11) is 4.59. The number of hydrogen-bond donors (Lipinski definition) is 1. The van der Waals surface area contributed by atoms with Crippen molar-refractivity contribution in [2.24, 2.45) is 5.92 Å². The summed E-state index contributed by atoms with van der Waals surface area (Å²) in [6.07, 6.45) is 2.69. The van der Waals surface area contributed by atoms with Crippen LogP contribution >= 0.6 is 0 Å². The van der Waals surface area contributed by atoms with Crippen LogP contribution in [0, 0.1) is 5.92 Å². The molecule has 28 heavy (non-hydrogen) atoms. The molecule has 8 nitrogen and oxygen atoms in total. The molecule has 2 fully saturated rings. The average Bonchev–Trinajstić information content (AvgIpc) is 3.27. The molecule has 2 amide bonds. The molecule has 8 heteroatoms. The smallest absolute Gasteiger partial charge is 0.251 e. The Morgan fingerprint density at radius 2 is 1.68 bits per heavy atom.